The lowest BCUT2D eigenvalue weighted by molar-refractivity contribution is 0.435. The van der Waals surface area contributed by atoms with Gasteiger partial charge in [0.15, 0.2) is 0 Å². The second-order valence-electron chi connectivity index (χ2n) is 5.35. The summed E-state index contributed by atoms with van der Waals surface area (Å²) in [7, 11) is 0. The molecule has 0 unspecified atom stereocenters. The zero-order valence-corrected chi connectivity index (χ0v) is 12.5. The van der Waals surface area contributed by atoms with Crippen LogP contribution in [-0.4, -0.2) is 14.9 Å². The second kappa shape index (κ2) is 5.09. The van der Waals surface area contributed by atoms with Gasteiger partial charge in [-0.15, -0.1) is 0 Å². The van der Waals surface area contributed by atoms with Gasteiger partial charge >= 0.3 is 0 Å². The second-order valence-corrected chi connectivity index (χ2v) is 5.35. The standard InChI is InChI=1S/C18H18N2O/c1-12-8-10-15(11-9-12)17-14(3)19-20(18(17)21)16-7-5-4-6-13(16)2/h4-11,21H,1-3H3. The molecule has 1 N–H and O–H groups in total. The molecule has 0 saturated heterocycles. The summed E-state index contributed by atoms with van der Waals surface area (Å²) >= 11 is 0. The van der Waals surface area contributed by atoms with Gasteiger partial charge < -0.3 is 5.11 Å². The molecular weight excluding hydrogens is 260 g/mol. The quantitative estimate of drug-likeness (QED) is 0.764. The Balaban J connectivity index is 2.17. The first-order chi connectivity index (χ1) is 10.1. The topological polar surface area (TPSA) is 38.0 Å². The van der Waals surface area contributed by atoms with Crippen LogP contribution >= 0.6 is 0 Å². The smallest absolute Gasteiger partial charge is 0.222 e. The lowest BCUT2D eigenvalue weighted by atomic mass is 10.0. The first-order valence-electron chi connectivity index (χ1n) is 6.99. The van der Waals surface area contributed by atoms with Gasteiger partial charge in [0.25, 0.3) is 0 Å². The summed E-state index contributed by atoms with van der Waals surface area (Å²) in [5, 5.41) is 15.1. The number of hydrogen-bond donors (Lipinski definition) is 1. The van der Waals surface area contributed by atoms with E-state index in [0.29, 0.717) is 0 Å². The Morgan fingerprint density at radius 1 is 0.905 bits per heavy atom. The van der Waals surface area contributed by atoms with Crippen molar-refractivity contribution in [3.63, 3.8) is 0 Å². The largest absolute Gasteiger partial charge is 0.493 e. The molecule has 3 heteroatoms. The zero-order chi connectivity index (χ0) is 15.0. The lowest BCUT2D eigenvalue weighted by Gasteiger charge is -2.07. The maximum atomic E-state index is 10.6. The van der Waals surface area contributed by atoms with Crippen molar-refractivity contribution >= 4 is 0 Å². The van der Waals surface area contributed by atoms with E-state index in [-0.39, 0.29) is 5.88 Å². The van der Waals surface area contributed by atoms with Crippen LogP contribution in [0.1, 0.15) is 16.8 Å². The van der Waals surface area contributed by atoms with Gasteiger partial charge in [0.2, 0.25) is 5.88 Å². The minimum absolute atomic E-state index is 0.186. The first-order valence-corrected chi connectivity index (χ1v) is 6.99. The third-order valence-electron chi connectivity index (χ3n) is 3.72. The number of aromatic hydroxyl groups is 1. The summed E-state index contributed by atoms with van der Waals surface area (Å²) in [6.07, 6.45) is 0. The fourth-order valence-electron chi connectivity index (χ4n) is 2.54. The maximum absolute atomic E-state index is 10.6. The lowest BCUT2D eigenvalue weighted by Crippen LogP contribution is -1.98. The number of aryl methyl sites for hydroxylation is 3. The molecule has 106 valence electrons. The van der Waals surface area contributed by atoms with Crippen LogP contribution in [0, 0.1) is 20.8 Å². The molecule has 0 aliphatic rings. The molecule has 0 aliphatic heterocycles. The molecular formula is C18H18N2O. The molecule has 1 heterocycles. The molecule has 0 radical (unpaired) electrons. The Morgan fingerprint density at radius 3 is 2.24 bits per heavy atom. The van der Waals surface area contributed by atoms with Crippen molar-refractivity contribution in [1.29, 1.82) is 0 Å². The van der Waals surface area contributed by atoms with Crippen molar-refractivity contribution in [1.82, 2.24) is 9.78 Å². The van der Waals surface area contributed by atoms with Crippen molar-refractivity contribution in [2.24, 2.45) is 0 Å². The highest BCUT2D eigenvalue weighted by Gasteiger charge is 2.17. The van der Waals surface area contributed by atoms with Crippen molar-refractivity contribution in [2.45, 2.75) is 20.8 Å². The van der Waals surface area contributed by atoms with Crippen molar-refractivity contribution < 1.29 is 5.11 Å². The van der Waals surface area contributed by atoms with Crippen LogP contribution in [0.4, 0.5) is 0 Å². The molecule has 0 spiro atoms. The van der Waals surface area contributed by atoms with Gasteiger partial charge in [-0.2, -0.15) is 5.10 Å². The minimum Gasteiger partial charge on any atom is -0.493 e. The van der Waals surface area contributed by atoms with E-state index < -0.39 is 0 Å². The zero-order valence-electron chi connectivity index (χ0n) is 12.5. The monoisotopic (exact) mass is 278 g/mol. The summed E-state index contributed by atoms with van der Waals surface area (Å²) in [4.78, 5) is 0. The van der Waals surface area contributed by atoms with E-state index in [9.17, 15) is 5.11 Å². The predicted octanol–water partition coefficient (Wildman–Crippen LogP) is 4.17. The highest BCUT2D eigenvalue weighted by molar-refractivity contribution is 5.72. The number of nitrogens with zero attached hydrogens (tertiary/aromatic N) is 2. The number of hydrogen-bond acceptors (Lipinski definition) is 2. The van der Waals surface area contributed by atoms with E-state index in [1.54, 1.807) is 4.68 Å². The van der Waals surface area contributed by atoms with Crippen molar-refractivity contribution in [3.8, 4) is 22.7 Å². The fraction of sp³-hybridized carbons (Fsp3) is 0.167. The molecule has 3 aromatic rings. The summed E-state index contributed by atoms with van der Waals surface area (Å²) in [6.45, 7) is 5.98. The van der Waals surface area contributed by atoms with E-state index in [2.05, 4.69) is 5.10 Å². The van der Waals surface area contributed by atoms with Crippen molar-refractivity contribution in [3.05, 3.63) is 65.4 Å². The molecule has 3 nitrogen and oxygen atoms in total. The Morgan fingerprint density at radius 2 is 1.57 bits per heavy atom. The molecule has 3 rings (SSSR count). The predicted molar refractivity (Wildman–Crippen MR) is 84.9 cm³/mol. The van der Waals surface area contributed by atoms with Gasteiger partial charge in [0.05, 0.1) is 16.9 Å². The number of benzene rings is 2. The normalized spacial score (nSPS) is 10.8. The van der Waals surface area contributed by atoms with E-state index in [4.69, 9.17) is 0 Å². The molecule has 0 amide bonds. The van der Waals surface area contributed by atoms with Crippen LogP contribution in [-0.2, 0) is 0 Å². The molecule has 0 aliphatic carbocycles. The number of rotatable bonds is 2. The summed E-state index contributed by atoms with van der Waals surface area (Å²) in [5.41, 5.74) is 5.76. The van der Waals surface area contributed by atoms with Gasteiger partial charge in [-0.05, 0) is 38.0 Å². The highest BCUT2D eigenvalue weighted by Crippen LogP contribution is 2.34. The van der Waals surface area contributed by atoms with Crippen LogP contribution in [0.2, 0.25) is 0 Å². The van der Waals surface area contributed by atoms with Crippen LogP contribution in [0.25, 0.3) is 16.8 Å². The van der Waals surface area contributed by atoms with E-state index in [1.165, 1.54) is 5.56 Å². The Hall–Kier alpha value is -2.55. The van der Waals surface area contributed by atoms with E-state index in [0.717, 1.165) is 28.1 Å². The minimum atomic E-state index is 0.186. The van der Waals surface area contributed by atoms with E-state index >= 15 is 0 Å². The van der Waals surface area contributed by atoms with Gasteiger partial charge in [0.1, 0.15) is 0 Å². The third-order valence-corrected chi connectivity index (χ3v) is 3.72. The summed E-state index contributed by atoms with van der Waals surface area (Å²) in [5.74, 6) is 0.186. The van der Waals surface area contributed by atoms with Crippen LogP contribution < -0.4 is 0 Å². The van der Waals surface area contributed by atoms with Crippen LogP contribution in [0.15, 0.2) is 48.5 Å². The van der Waals surface area contributed by atoms with Gasteiger partial charge in [-0.25, -0.2) is 4.68 Å². The molecule has 2 aromatic carbocycles. The van der Waals surface area contributed by atoms with Crippen LogP contribution in [0.3, 0.4) is 0 Å². The third kappa shape index (κ3) is 2.31. The Labute approximate surface area is 124 Å². The summed E-state index contributed by atoms with van der Waals surface area (Å²) in [6, 6.07) is 16.0. The SMILES string of the molecule is Cc1ccc(-c2c(C)nn(-c3ccccc3C)c2O)cc1. The molecule has 0 atom stereocenters. The molecule has 1 aromatic heterocycles. The van der Waals surface area contributed by atoms with Gasteiger partial charge in [0, 0.05) is 0 Å². The first kappa shape index (κ1) is 13.4. The van der Waals surface area contributed by atoms with Crippen molar-refractivity contribution in [2.75, 3.05) is 0 Å². The average Bonchev–Trinajstić information content (AvgIpc) is 2.76. The van der Waals surface area contributed by atoms with Crippen LogP contribution in [0.5, 0.6) is 5.88 Å². The highest BCUT2D eigenvalue weighted by atomic mass is 16.3. The number of para-hydroxylation sites is 1. The summed E-state index contributed by atoms with van der Waals surface area (Å²) < 4.78 is 1.61. The fourth-order valence-corrected chi connectivity index (χ4v) is 2.54. The van der Waals surface area contributed by atoms with Gasteiger partial charge in [-0.1, -0.05) is 48.0 Å². The maximum Gasteiger partial charge on any atom is 0.222 e. The number of aromatic nitrogens is 2. The van der Waals surface area contributed by atoms with Gasteiger partial charge in [-0.3, -0.25) is 0 Å². The Bertz CT molecular complexity index is 785. The Kier molecular flexibility index (Phi) is 3.26. The molecule has 0 saturated carbocycles. The molecule has 21 heavy (non-hydrogen) atoms. The molecule has 0 fully saturated rings. The van der Waals surface area contributed by atoms with E-state index in [1.807, 2.05) is 69.3 Å². The average molecular weight is 278 g/mol. The molecule has 0 bridgehead atoms.